The molecule has 1 aliphatic heterocycles. The second-order valence-corrected chi connectivity index (χ2v) is 8.70. The lowest BCUT2D eigenvalue weighted by Crippen LogP contribution is -2.42. The van der Waals surface area contributed by atoms with E-state index in [2.05, 4.69) is 34.4 Å². The number of anilines is 2. The topological polar surface area (TPSA) is 59.4 Å². The zero-order valence-electron chi connectivity index (χ0n) is 14.1. The third kappa shape index (κ3) is 4.81. The average Bonchev–Trinajstić information content (AvgIpc) is 2.95. The largest absolute Gasteiger partial charge is 0.468 e. The van der Waals surface area contributed by atoms with Gasteiger partial charge < -0.3 is 10.1 Å². The van der Waals surface area contributed by atoms with Crippen molar-refractivity contribution < 1.29 is 9.53 Å². The van der Waals surface area contributed by atoms with Gasteiger partial charge in [-0.05, 0) is 31.3 Å². The highest BCUT2D eigenvalue weighted by molar-refractivity contribution is 8.00. The summed E-state index contributed by atoms with van der Waals surface area (Å²) in [5.74, 6) is 0.726. The van der Waals surface area contributed by atoms with Gasteiger partial charge in [0, 0.05) is 24.5 Å². The van der Waals surface area contributed by atoms with Gasteiger partial charge in [-0.3, -0.25) is 9.69 Å². The molecule has 0 unspecified atom stereocenters. The van der Waals surface area contributed by atoms with Crippen LogP contribution < -0.4 is 5.32 Å². The summed E-state index contributed by atoms with van der Waals surface area (Å²) in [5, 5.41) is 8.48. The van der Waals surface area contributed by atoms with Gasteiger partial charge in [0.25, 0.3) is 0 Å². The van der Waals surface area contributed by atoms with Crippen LogP contribution in [0.4, 0.5) is 10.8 Å². The Bertz CT molecular complexity index is 787. The van der Waals surface area contributed by atoms with Crippen LogP contribution in [-0.2, 0) is 16.2 Å². The lowest BCUT2D eigenvalue weighted by Gasteiger charge is -2.30. The van der Waals surface area contributed by atoms with Gasteiger partial charge in [0.15, 0.2) is 3.95 Å². The number of esters is 1. The molecular weight excluding hydrogens is 376 g/mol. The molecule has 0 saturated carbocycles. The average molecular weight is 397 g/mol. The molecule has 1 aliphatic rings. The molecule has 2 aromatic rings. The summed E-state index contributed by atoms with van der Waals surface area (Å²) >= 11 is 8.52. The van der Waals surface area contributed by atoms with Crippen molar-refractivity contribution in [3.05, 3.63) is 33.8 Å². The highest BCUT2D eigenvalue weighted by Gasteiger charge is 2.27. The van der Waals surface area contributed by atoms with E-state index in [4.69, 9.17) is 17.0 Å². The quantitative estimate of drug-likeness (QED) is 0.615. The van der Waals surface area contributed by atoms with Gasteiger partial charge >= 0.3 is 5.97 Å². The van der Waals surface area contributed by atoms with E-state index in [0.29, 0.717) is 17.2 Å². The van der Waals surface area contributed by atoms with Gasteiger partial charge in [-0.2, -0.15) is 0 Å². The molecule has 0 bridgehead atoms. The van der Waals surface area contributed by atoms with E-state index in [9.17, 15) is 4.79 Å². The lowest BCUT2D eigenvalue weighted by molar-refractivity contribution is -0.140. The number of nitrogens with zero attached hydrogens (tertiary/aromatic N) is 3. The van der Waals surface area contributed by atoms with Crippen molar-refractivity contribution in [2.75, 3.05) is 31.3 Å². The number of aromatic nitrogens is 2. The van der Waals surface area contributed by atoms with Crippen molar-refractivity contribution >= 4 is 52.1 Å². The number of hydrogen-bond donors (Lipinski definition) is 1. The van der Waals surface area contributed by atoms with Crippen LogP contribution in [0.15, 0.2) is 24.3 Å². The Morgan fingerprint density at radius 3 is 2.92 bits per heavy atom. The highest BCUT2D eigenvalue weighted by Crippen LogP contribution is 2.23. The molecule has 25 heavy (non-hydrogen) atoms. The van der Waals surface area contributed by atoms with Gasteiger partial charge in [-0.15, -0.1) is 16.9 Å². The summed E-state index contributed by atoms with van der Waals surface area (Å²) < 4.78 is 7.37. The maximum absolute atomic E-state index is 11.7. The molecule has 0 radical (unpaired) electrons. The number of carbonyl (C=O) groups excluding carboxylic acids is 1. The molecule has 3 rings (SSSR count). The predicted octanol–water partition coefficient (Wildman–Crippen LogP) is 3.27. The fourth-order valence-corrected chi connectivity index (χ4v) is 4.71. The molecule has 0 amide bonds. The van der Waals surface area contributed by atoms with Gasteiger partial charge in [-0.25, -0.2) is 4.68 Å². The summed E-state index contributed by atoms with van der Waals surface area (Å²) in [5.41, 5.74) is 2.20. The molecule has 6 nitrogen and oxygen atoms in total. The van der Waals surface area contributed by atoms with E-state index in [-0.39, 0.29) is 11.2 Å². The molecular formula is C16H20N4O2S3. The fourth-order valence-electron chi connectivity index (χ4n) is 2.50. The van der Waals surface area contributed by atoms with Crippen molar-refractivity contribution in [2.45, 2.75) is 18.8 Å². The molecule has 0 aliphatic carbocycles. The van der Waals surface area contributed by atoms with Crippen molar-refractivity contribution in [3.63, 3.8) is 0 Å². The normalized spacial score (nSPS) is 18.1. The lowest BCUT2D eigenvalue weighted by atomic mass is 10.2. The van der Waals surface area contributed by atoms with E-state index < -0.39 is 0 Å². The van der Waals surface area contributed by atoms with E-state index in [1.807, 2.05) is 12.1 Å². The molecule has 134 valence electrons. The second kappa shape index (κ2) is 8.31. The van der Waals surface area contributed by atoms with Crippen molar-refractivity contribution in [2.24, 2.45) is 0 Å². The van der Waals surface area contributed by atoms with Crippen LogP contribution in [-0.4, -0.2) is 51.9 Å². The van der Waals surface area contributed by atoms with Crippen LogP contribution >= 0.6 is 35.3 Å². The summed E-state index contributed by atoms with van der Waals surface area (Å²) in [6.45, 7) is 4.19. The van der Waals surface area contributed by atoms with Crippen LogP contribution in [0.1, 0.15) is 5.56 Å². The summed E-state index contributed by atoms with van der Waals surface area (Å²) in [6.07, 6.45) is 0. The van der Waals surface area contributed by atoms with Gasteiger partial charge in [0.05, 0.1) is 13.8 Å². The summed E-state index contributed by atoms with van der Waals surface area (Å²) in [6, 6.07) is 8.15. The number of thioether (sulfide) groups is 1. The Morgan fingerprint density at radius 1 is 1.44 bits per heavy atom. The minimum absolute atomic E-state index is 0.142. The van der Waals surface area contributed by atoms with E-state index in [1.165, 1.54) is 24.0 Å². The van der Waals surface area contributed by atoms with Crippen molar-refractivity contribution in [3.8, 4) is 0 Å². The standard InChI is InChI=1S/C16H20N4O2S3/c1-11-3-5-12(6-4-11)17-15-18-20(16(23)25-15)10-19-7-8-24-13(9-19)14(21)22-2/h3-6,13H,7-10H2,1-2H3,(H,17,18)/t13-/m1/s1. The van der Waals surface area contributed by atoms with Crippen LogP contribution in [0, 0.1) is 10.9 Å². The molecule has 0 spiro atoms. The number of ether oxygens (including phenoxy) is 1. The minimum atomic E-state index is -0.168. The van der Waals surface area contributed by atoms with Crippen LogP contribution in [0.25, 0.3) is 0 Å². The molecule has 2 heterocycles. The van der Waals surface area contributed by atoms with Crippen LogP contribution in [0.5, 0.6) is 0 Å². The molecule has 1 fully saturated rings. The zero-order chi connectivity index (χ0) is 17.8. The highest BCUT2D eigenvalue weighted by atomic mass is 32.2. The van der Waals surface area contributed by atoms with E-state index >= 15 is 0 Å². The summed E-state index contributed by atoms with van der Waals surface area (Å²) in [4.78, 5) is 13.9. The van der Waals surface area contributed by atoms with E-state index in [0.717, 1.165) is 23.1 Å². The minimum Gasteiger partial charge on any atom is -0.468 e. The molecule has 1 aromatic carbocycles. The maximum Gasteiger partial charge on any atom is 0.320 e. The SMILES string of the molecule is COC(=O)[C@H]1CN(Cn2nc(Nc3ccc(C)cc3)sc2=S)CCS1. The molecule has 1 atom stereocenters. The third-order valence-electron chi connectivity index (χ3n) is 3.86. The first kappa shape index (κ1) is 18.4. The molecule has 9 heteroatoms. The number of carbonyl (C=O) groups is 1. The Balaban J connectivity index is 1.65. The van der Waals surface area contributed by atoms with Crippen molar-refractivity contribution in [1.29, 1.82) is 0 Å². The Hall–Kier alpha value is -1.42. The van der Waals surface area contributed by atoms with Gasteiger partial charge in [-0.1, -0.05) is 29.0 Å². The molecule has 1 aromatic heterocycles. The van der Waals surface area contributed by atoms with Crippen molar-refractivity contribution in [1.82, 2.24) is 14.7 Å². The number of nitrogens with one attached hydrogen (secondary N) is 1. The Labute approximate surface area is 160 Å². The first-order chi connectivity index (χ1) is 12.0. The zero-order valence-corrected chi connectivity index (χ0v) is 16.5. The second-order valence-electron chi connectivity index (χ2n) is 5.76. The smallest absolute Gasteiger partial charge is 0.320 e. The predicted molar refractivity (Wildman–Crippen MR) is 105 cm³/mol. The van der Waals surface area contributed by atoms with Crippen LogP contribution in [0.3, 0.4) is 0 Å². The fraction of sp³-hybridized carbons (Fsp3) is 0.438. The monoisotopic (exact) mass is 396 g/mol. The number of benzene rings is 1. The van der Waals surface area contributed by atoms with Gasteiger partial charge in [0.1, 0.15) is 5.25 Å². The van der Waals surface area contributed by atoms with E-state index in [1.54, 1.807) is 16.4 Å². The molecule has 1 saturated heterocycles. The Morgan fingerprint density at radius 2 is 2.20 bits per heavy atom. The third-order valence-corrected chi connectivity index (χ3v) is 6.24. The number of rotatable bonds is 5. The number of hydrogen-bond acceptors (Lipinski definition) is 8. The summed E-state index contributed by atoms with van der Waals surface area (Å²) in [7, 11) is 1.43. The number of methoxy groups -OCH3 is 1. The van der Waals surface area contributed by atoms with Crippen LogP contribution in [0.2, 0.25) is 0 Å². The number of aryl methyl sites for hydroxylation is 1. The first-order valence-electron chi connectivity index (χ1n) is 7.88. The first-order valence-corrected chi connectivity index (χ1v) is 10.2. The maximum atomic E-state index is 11.7. The molecule has 1 N–H and O–H groups in total. The Kier molecular flexibility index (Phi) is 6.10. The van der Waals surface area contributed by atoms with Gasteiger partial charge in [0.2, 0.25) is 5.13 Å².